The first-order valence-corrected chi connectivity index (χ1v) is 7.80. The van der Waals surface area contributed by atoms with Gasteiger partial charge in [0.15, 0.2) is 11.8 Å². The van der Waals surface area contributed by atoms with E-state index in [0.29, 0.717) is 11.3 Å². The maximum absolute atomic E-state index is 9.65. The number of halogens is 1. The topological polar surface area (TPSA) is 60.3 Å². The first kappa shape index (κ1) is 16.0. The van der Waals surface area contributed by atoms with Gasteiger partial charge in [0.2, 0.25) is 5.79 Å². The summed E-state index contributed by atoms with van der Waals surface area (Å²) in [5.74, 6) is -0.717. The third-order valence-electron chi connectivity index (χ3n) is 3.91. The van der Waals surface area contributed by atoms with Crippen LogP contribution in [-0.2, 0) is 15.3 Å². The molecule has 0 saturated heterocycles. The molecule has 2 aromatic carbocycles. The van der Waals surface area contributed by atoms with Gasteiger partial charge in [-0.1, -0.05) is 51.4 Å². The molecular formula is C17H16BrNO4. The van der Waals surface area contributed by atoms with Gasteiger partial charge >= 0.3 is 0 Å². The van der Waals surface area contributed by atoms with Gasteiger partial charge in [-0.15, -0.1) is 0 Å². The average Bonchev–Trinajstić information content (AvgIpc) is 2.61. The Hall–Kier alpha value is -1.89. The normalized spacial score (nSPS) is 20.8. The lowest BCUT2D eigenvalue weighted by Gasteiger charge is -2.40. The van der Waals surface area contributed by atoms with Crippen molar-refractivity contribution in [1.29, 1.82) is 0 Å². The fourth-order valence-electron chi connectivity index (χ4n) is 2.84. The van der Waals surface area contributed by atoms with E-state index in [9.17, 15) is 5.21 Å². The van der Waals surface area contributed by atoms with Crippen LogP contribution in [0, 0.1) is 0 Å². The summed E-state index contributed by atoms with van der Waals surface area (Å²) in [7, 11) is 3.01. The van der Waals surface area contributed by atoms with Crippen LogP contribution in [0.2, 0.25) is 0 Å². The number of oxime groups is 1. The van der Waals surface area contributed by atoms with Crippen LogP contribution in [0.15, 0.2) is 58.2 Å². The lowest BCUT2D eigenvalue weighted by Crippen LogP contribution is -2.47. The third kappa shape index (κ3) is 2.52. The molecule has 0 spiro atoms. The molecule has 23 heavy (non-hydrogen) atoms. The zero-order valence-electron chi connectivity index (χ0n) is 12.7. The van der Waals surface area contributed by atoms with Crippen molar-refractivity contribution in [2.45, 2.75) is 11.9 Å². The lowest BCUT2D eigenvalue weighted by molar-refractivity contribution is -0.172. The summed E-state index contributed by atoms with van der Waals surface area (Å²) < 4.78 is 18.2. The van der Waals surface area contributed by atoms with Crippen LogP contribution in [0.1, 0.15) is 17.2 Å². The Morgan fingerprint density at radius 1 is 1.13 bits per heavy atom. The van der Waals surface area contributed by atoms with Crippen LogP contribution in [0.4, 0.5) is 0 Å². The van der Waals surface area contributed by atoms with Crippen molar-refractivity contribution in [3.05, 3.63) is 64.1 Å². The van der Waals surface area contributed by atoms with E-state index in [1.165, 1.54) is 14.2 Å². The molecule has 3 rings (SSSR count). The second kappa shape index (κ2) is 6.31. The predicted octanol–water partition coefficient (Wildman–Crippen LogP) is 3.86. The van der Waals surface area contributed by atoms with Crippen molar-refractivity contribution in [3.8, 4) is 5.75 Å². The van der Waals surface area contributed by atoms with E-state index in [2.05, 4.69) is 21.1 Å². The highest BCUT2D eigenvalue weighted by atomic mass is 79.9. The minimum atomic E-state index is -1.33. The van der Waals surface area contributed by atoms with E-state index in [4.69, 9.17) is 14.2 Å². The SMILES string of the molecule is COC1(OC)/C(=N/O)C(c2ccccc2)Oc2ccc(Br)cc21. The molecule has 5 nitrogen and oxygen atoms in total. The molecule has 0 amide bonds. The molecular weight excluding hydrogens is 362 g/mol. The van der Waals surface area contributed by atoms with Gasteiger partial charge in [-0.05, 0) is 23.8 Å². The second-order valence-electron chi connectivity index (χ2n) is 5.06. The molecule has 1 N–H and O–H groups in total. The summed E-state index contributed by atoms with van der Waals surface area (Å²) in [4.78, 5) is 0. The van der Waals surface area contributed by atoms with Crippen LogP contribution in [0.5, 0.6) is 5.75 Å². The zero-order chi connectivity index (χ0) is 16.4. The maximum Gasteiger partial charge on any atom is 0.246 e. The van der Waals surface area contributed by atoms with Gasteiger partial charge in [0.1, 0.15) is 5.75 Å². The van der Waals surface area contributed by atoms with E-state index >= 15 is 0 Å². The minimum Gasteiger partial charge on any atom is -0.479 e. The highest BCUT2D eigenvalue weighted by Crippen LogP contribution is 2.46. The van der Waals surface area contributed by atoms with Crippen LogP contribution in [0.3, 0.4) is 0 Å². The molecule has 0 saturated carbocycles. The molecule has 6 heteroatoms. The molecule has 120 valence electrons. The summed E-state index contributed by atoms with van der Waals surface area (Å²) >= 11 is 3.43. The Balaban J connectivity index is 2.23. The Morgan fingerprint density at radius 2 is 1.83 bits per heavy atom. The number of fused-ring (bicyclic) bond motifs is 1. The fraction of sp³-hybridized carbons (Fsp3) is 0.235. The van der Waals surface area contributed by atoms with E-state index in [1.54, 1.807) is 0 Å². The molecule has 1 atom stereocenters. The number of ether oxygens (including phenoxy) is 3. The van der Waals surface area contributed by atoms with Crippen LogP contribution in [-0.4, -0.2) is 25.1 Å². The Labute approximate surface area is 142 Å². The summed E-state index contributed by atoms with van der Waals surface area (Å²) in [6, 6.07) is 15.0. The highest BCUT2D eigenvalue weighted by Gasteiger charge is 2.50. The minimum absolute atomic E-state index is 0.235. The average molecular weight is 378 g/mol. The predicted molar refractivity (Wildman–Crippen MR) is 88.9 cm³/mol. The number of nitrogens with zero attached hydrogens (tertiary/aromatic N) is 1. The van der Waals surface area contributed by atoms with Crippen LogP contribution >= 0.6 is 15.9 Å². The van der Waals surface area contributed by atoms with E-state index in [-0.39, 0.29) is 5.71 Å². The zero-order valence-corrected chi connectivity index (χ0v) is 14.3. The summed E-state index contributed by atoms with van der Waals surface area (Å²) in [6.07, 6.45) is -0.616. The van der Waals surface area contributed by atoms with Crippen molar-refractivity contribution in [1.82, 2.24) is 0 Å². The molecule has 0 aliphatic carbocycles. The summed E-state index contributed by atoms with van der Waals surface area (Å²) in [5.41, 5.74) is 1.71. The highest BCUT2D eigenvalue weighted by molar-refractivity contribution is 9.10. The van der Waals surface area contributed by atoms with Crippen molar-refractivity contribution < 1.29 is 19.4 Å². The van der Waals surface area contributed by atoms with Gasteiger partial charge in [0.25, 0.3) is 0 Å². The number of rotatable bonds is 3. The Bertz CT molecular complexity index is 729. The molecule has 2 aromatic rings. The molecule has 1 aliphatic heterocycles. The first-order valence-electron chi connectivity index (χ1n) is 7.00. The van der Waals surface area contributed by atoms with E-state index < -0.39 is 11.9 Å². The van der Waals surface area contributed by atoms with Gasteiger partial charge in [0, 0.05) is 18.7 Å². The largest absolute Gasteiger partial charge is 0.479 e. The molecule has 1 unspecified atom stereocenters. The van der Waals surface area contributed by atoms with Crippen LogP contribution in [0.25, 0.3) is 0 Å². The molecule has 0 bridgehead atoms. The second-order valence-corrected chi connectivity index (χ2v) is 5.97. The van der Waals surface area contributed by atoms with Gasteiger partial charge in [0.05, 0.1) is 5.56 Å². The van der Waals surface area contributed by atoms with Gasteiger partial charge in [-0.3, -0.25) is 0 Å². The smallest absolute Gasteiger partial charge is 0.246 e. The monoisotopic (exact) mass is 377 g/mol. The van der Waals surface area contributed by atoms with Crippen molar-refractivity contribution >= 4 is 21.6 Å². The fourth-order valence-corrected chi connectivity index (χ4v) is 3.20. The molecule has 0 radical (unpaired) electrons. The van der Waals surface area contributed by atoms with E-state index in [1.807, 2.05) is 48.5 Å². The van der Waals surface area contributed by atoms with Crippen molar-refractivity contribution in [2.24, 2.45) is 5.16 Å². The first-order chi connectivity index (χ1) is 11.2. The third-order valence-corrected chi connectivity index (χ3v) is 4.40. The number of hydrogen-bond acceptors (Lipinski definition) is 5. The van der Waals surface area contributed by atoms with Gasteiger partial charge in [-0.25, -0.2) is 0 Å². The number of methoxy groups -OCH3 is 2. The molecule has 1 heterocycles. The van der Waals surface area contributed by atoms with Gasteiger partial charge < -0.3 is 19.4 Å². The van der Waals surface area contributed by atoms with Gasteiger partial charge in [-0.2, -0.15) is 0 Å². The Kier molecular flexibility index (Phi) is 4.39. The standard InChI is InChI=1S/C17H16BrNO4/c1-21-17(22-2)13-10-12(18)8-9-14(13)23-15(16(17)19-20)11-6-4-3-5-7-11/h3-10,15,20H,1-2H3/b19-16+. The molecule has 0 aromatic heterocycles. The number of benzene rings is 2. The van der Waals surface area contributed by atoms with E-state index in [0.717, 1.165) is 10.0 Å². The quantitative estimate of drug-likeness (QED) is 0.501. The maximum atomic E-state index is 9.65. The molecule has 0 fully saturated rings. The summed E-state index contributed by atoms with van der Waals surface area (Å²) in [5, 5.41) is 13.1. The van der Waals surface area contributed by atoms with Crippen molar-refractivity contribution in [3.63, 3.8) is 0 Å². The lowest BCUT2D eigenvalue weighted by atomic mass is 9.89. The van der Waals surface area contributed by atoms with Crippen LogP contribution < -0.4 is 4.74 Å². The number of hydrogen-bond donors (Lipinski definition) is 1. The Morgan fingerprint density at radius 3 is 2.43 bits per heavy atom. The molecule has 1 aliphatic rings. The summed E-state index contributed by atoms with van der Waals surface area (Å²) in [6.45, 7) is 0. The van der Waals surface area contributed by atoms with Crippen molar-refractivity contribution in [2.75, 3.05) is 14.2 Å².